The summed E-state index contributed by atoms with van der Waals surface area (Å²) in [4.78, 5) is 27.4. The maximum Gasteiger partial charge on any atom is 0.293 e. The second-order valence-electron chi connectivity index (χ2n) is 8.20. The fourth-order valence-corrected chi connectivity index (χ4v) is 5.17. The predicted octanol–water partition coefficient (Wildman–Crippen LogP) is 7.43. The number of para-hydroxylation sites is 1. The minimum atomic E-state index is -0.323. The Balaban J connectivity index is 1.41. The van der Waals surface area contributed by atoms with E-state index in [9.17, 15) is 9.59 Å². The number of imide groups is 1. The van der Waals surface area contributed by atoms with E-state index in [0.29, 0.717) is 28.6 Å². The SMILES string of the molecule is COc1cccc(/C=C2\SC(=O)N(Cc3ccc(Br)cc3)C2=O)c1OCc1cccc2ccccc12. The van der Waals surface area contributed by atoms with Crippen LogP contribution in [0, 0.1) is 0 Å². The number of carbonyl (C=O) groups is 2. The molecule has 0 bridgehead atoms. The molecular formula is C29H22BrNO4S. The first-order chi connectivity index (χ1) is 17.5. The number of hydrogen-bond donors (Lipinski definition) is 0. The minimum absolute atomic E-state index is 0.220. The van der Waals surface area contributed by atoms with Crippen molar-refractivity contribution in [1.29, 1.82) is 0 Å². The minimum Gasteiger partial charge on any atom is -0.493 e. The second kappa shape index (κ2) is 10.6. The van der Waals surface area contributed by atoms with Crippen LogP contribution in [-0.2, 0) is 17.9 Å². The molecule has 0 atom stereocenters. The molecule has 0 unspecified atom stereocenters. The molecule has 1 fully saturated rings. The van der Waals surface area contributed by atoms with Gasteiger partial charge in [-0.05, 0) is 57.9 Å². The summed E-state index contributed by atoms with van der Waals surface area (Å²) in [6.45, 7) is 0.547. The van der Waals surface area contributed by atoms with Gasteiger partial charge in [0, 0.05) is 10.0 Å². The van der Waals surface area contributed by atoms with Crippen LogP contribution in [0.3, 0.4) is 0 Å². The summed E-state index contributed by atoms with van der Waals surface area (Å²) in [5.41, 5.74) is 2.59. The summed E-state index contributed by atoms with van der Waals surface area (Å²) in [6.07, 6.45) is 1.70. The molecule has 1 aliphatic rings. The molecule has 5 nitrogen and oxygen atoms in total. The number of fused-ring (bicyclic) bond motifs is 1. The van der Waals surface area contributed by atoms with Crippen LogP contribution in [0.25, 0.3) is 16.8 Å². The van der Waals surface area contributed by atoms with Crippen LogP contribution in [0.4, 0.5) is 4.79 Å². The van der Waals surface area contributed by atoms with Crippen LogP contribution in [-0.4, -0.2) is 23.2 Å². The molecule has 5 rings (SSSR count). The first-order valence-electron chi connectivity index (χ1n) is 11.3. The van der Waals surface area contributed by atoms with Gasteiger partial charge in [-0.2, -0.15) is 0 Å². The standard InChI is InChI=1S/C29H22BrNO4S/c1-34-25-11-5-8-21(27(25)35-18-22-9-4-7-20-6-2-3-10-24(20)22)16-26-28(32)31(29(33)36-26)17-19-12-14-23(30)15-13-19/h2-16H,17-18H2,1H3/b26-16-. The van der Waals surface area contributed by atoms with Gasteiger partial charge >= 0.3 is 0 Å². The smallest absolute Gasteiger partial charge is 0.293 e. The summed E-state index contributed by atoms with van der Waals surface area (Å²) in [6, 6.07) is 27.3. The lowest BCUT2D eigenvalue weighted by molar-refractivity contribution is -0.123. The first kappa shape index (κ1) is 24.2. The van der Waals surface area contributed by atoms with Crippen molar-refractivity contribution in [2.75, 3.05) is 7.11 Å². The van der Waals surface area contributed by atoms with Gasteiger partial charge in [0.05, 0.1) is 18.6 Å². The van der Waals surface area contributed by atoms with Gasteiger partial charge in [-0.1, -0.05) is 82.7 Å². The van der Waals surface area contributed by atoms with Gasteiger partial charge in [-0.25, -0.2) is 0 Å². The van der Waals surface area contributed by atoms with Crippen molar-refractivity contribution >= 4 is 55.7 Å². The number of ether oxygens (including phenoxy) is 2. The highest BCUT2D eigenvalue weighted by atomic mass is 79.9. The topological polar surface area (TPSA) is 55.8 Å². The molecule has 1 heterocycles. The van der Waals surface area contributed by atoms with Gasteiger partial charge < -0.3 is 9.47 Å². The Morgan fingerprint density at radius 1 is 0.917 bits per heavy atom. The van der Waals surface area contributed by atoms with E-state index in [1.165, 1.54) is 4.90 Å². The van der Waals surface area contributed by atoms with Crippen molar-refractivity contribution in [2.45, 2.75) is 13.2 Å². The van der Waals surface area contributed by atoms with Crippen LogP contribution in [0.2, 0.25) is 0 Å². The van der Waals surface area contributed by atoms with E-state index in [1.54, 1.807) is 13.2 Å². The molecule has 0 N–H and O–H groups in total. The molecule has 1 aliphatic heterocycles. The largest absolute Gasteiger partial charge is 0.493 e. The normalized spacial score (nSPS) is 14.6. The highest BCUT2D eigenvalue weighted by Crippen LogP contribution is 2.38. The fourth-order valence-electron chi connectivity index (χ4n) is 4.08. The van der Waals surface area contributed by atoms with Crippen molar-refractivity contribution in [1.82, 2.24) is 4.90 Å². The van der Waals surface area contributed by atoms with E-state index >= 15 is 0 Å². The van der Waals surface area contributed by atoms with Crippen molar-refractivity contribution in [3.63, 3.8) is 0 Å². The number of benzene rings is 4. The van der Waals surface area contributed by atoms with E-state index in [0.717, 1.165) is 38.1 Å². The summed E-state index contributed by atoms with van der Waals surface area (Å²) in [5, 5.41) is 1.96. The number of methoxy groups -OCH3 is 1. The molecule has 1 saturated heterocycles. The van der Waals surface area contributed by atoms with E-state index in [4.69, 9.17) is 9.47 Å². The van der Waals surface area contributed by atoms with Gasteiger partial charge in [-0.15, -0.1) is 0 Å². The quantitative estimate of drug-likeness (QED) is 0.220. The van der Waals surface area contributed by atoms with Gasteiger partial charge in [-0.3, -0.25) is 14.5 Å². The molecule has 0 spiro atoms. The van der Waals surface area contributed by atoms with Crippen LogP contribution >= 0.6 is 27.7 Å². The van der Waals surface area contributed by atoms with Crippen molar-refractivity contribution < 1.29 is 19.1 Å². The maximum absolute atomic E-state index is 13.1. The van der Waals surface area contributed by atoms with E-state index in [2.05, 4.69) is 34.1 Å². The van der Waals surface area contributed by atoms with Crippen LogP contribution in [0.15, 0.2) is 94.3 Å². The van der Waals surface area contributed by atoms with Crippen molar-refractivity contribution in [3.8, 4) is 11.5 Å². The third-order valence-electron chi connectivity index (χ3n) is 5.90. The van der Waals surface area contributed by atoms with E-state index in [-0.39, 0.29) is 17.7 Å². The van der Waals surface area contributed by atoms with Crippen LogP contribution in [0.1, 0.15) is 16.7 Å². The third-order valence-corrected chi connectivity index (χ3v) is 7.33. The lowest BCUT2D eigenvalue weighted by Crippen LogP contribution is -2.27. The van der Waals surface area contributed by atoms with Gasteiger partial charge in [0.25, 0.3) is 11.1 Å². The highest BCUT2D eigenvalue weighted by molar-refractivity contribution is 9.10. The van der Waals surface area contributed by atoms with Crippen LogP contribution < -0.4 is 9.47 Å². The monoisotopic (exact) mass is 559 g/mol. The number of halogens is 1. The molecule has 180 valence electrons. The maximum atomic E-state index is 13.1. The lowest BCUT2D eigenvalue weighted by Gasteiger charge is -2.15. The summed E-state index contributed by atoms with van der Waals surface area (Å²) in [7, 11) is 1.58. The molecule has 4 aromatic rings. The Labute approximate surface area is 221 Å². The average molecular weight is 560 g/mol. The van der Waals surface area contributed by atoms with Gasteiger partial charge in [0.1, 0.15) is 6.61 Å². The third kappa shape index (κ3) is 5.03. The number of amides is 2. The zero-order valence-corrected chi connectivity index (χ0v) is 21.8. The molecule has 36 heavy (non-hydrogen) atoms. The van der Waals surface area contributed by atoms with Gasteiger partial charge in [0.15, 0.2) is 11.5 Å². The fraction of sp³-hybridized carbons (Fsp3) is 0.103. The number of hydrogen-bond acceptors (Lipinski definition) is 5. The number of nitrogens with zero attached hydrogens (tertiary/aromatic N) is 1. The Hall–Kier alpha value is -3.55. The van der Waals surface area contributed by atoms with Gasteiger partial charge in [0.2, 0.25) is 0 Å². The molecule has 0 radical (unpaired) electrons. The Bertz CT molecular complexity index is 1480. The molecule has 0 aromatic heterocycles. The van der Waals surface area contributed by atoms with Crippen LogP contribution in [0.5, 0.6) is 11.5 Å². The lowest BCUT2D eigenvalue weighted by atomic mass is 10.1. The number of carbonyl (C=O) groups excluding carboxylic acids is 2. The summed E-state index contributed by atoms with van der Waals surface area (Å²) < 4.78 is 12.8. The Kier molecular flexibility index (Phi) is 7.11. The second-order valence-corrected chi connectivity index (χ2v) is 10.1. The molecule has 0 saturated carbocycles. The number of rotatable bonds is 7. The zero-order chi connectivity index (χ0) is 25.1. The Morgan fingerprint density at radius 3 is 2.47 bits per heavy atom. The summed E-state index contributed by atoms with van der Waals surface area (Å²) >= 11 is 4.33. The molecule has 4 aromatic carbocycles. The summed E-state index contributed by atoms with van der Waals surface area (Å²) in [5.74, 6) is 0.751. The molecular weight excluding hydrogens is 538 g/mol. The van der Waals surface area contributed by atoms with E-state index in [1.807, 2.05) is 66.7 Å². The zero-order valence-electron chi connectivity index (χ0n) is 19.4. The highest BCUT2D eigenvalue weighted by Gasteiger charge is 2.35. The first-order valence-corrected chi connectivity index (χ1v) is 12.9. The molecule has 2 amide bonds. The molecule has 7 heteroatoms. The number of thioether (sulfide) groups is 1. The van der Waals surface area contributed by atoms with Crippen molar-refractivity contribution in [3.05, 3.63) is 111 Å². The van der Waals surface area contributed by atoms with Crippen molar-refractivity contribution in [2.24, 2.45) is 0 Å². The average Bonchev–Trinajstić information content (AvgIpc) is 3.16. The molecule has 0 aliphatic carbocycles. The Morgan fingerprint density at radius 2 is 1.67 bits per heavy atom. The van der Waals surface area contributed by atoms with E-state index < -0.39 is 0 Å². The predicted molar refractivity (Wildman–Crippen MR) is 147 cm³/mol.